The highest BCUT2D eigenvalue weighted by atomic mass is 79.9. The second kappa shape index (κ2) is 11.9. The lowest BCUT2D eigenvalue weighted by Gasteiger charge is -2.13. The molecule has 2 rings (SSSR count). The Hall–Kier alpha value is -3.07. The van der Waals surface area contributed by atoms with Crippen LogP contribution in [0.2, 0.25) is 0 Å². The first-order valence-corrected chi connectivity index (χ1v) is 10.3. The molecule has 0 radical (unpaired) electrons. The van der Waals surface area contributed by atoms with Gasteiger partial charge in [-0.05, 0) is 76.7 Å². The molecule has 0 aliphatic heterocycles. The molecule has 166 valence electrons. The van der Waals surface area contributed by atoms with Crippen molar-refractivity contribution in [3.05, 3.63) is 51.5 Å². The van der Waals surface area contributed by atoms with Gasteiger partial charge in [-0.1, -0.05) is 6.07 Å². The van der Waals surface area contributed by atoms with Crippen LogP contribution in [0.1, 0.15) is 29.5 Å². The van der Waals surface area contributed by atoms with E-state index < -0.39 is 12.6 Å². The smallest absolute Gasteiger partial charge is 0.240 e. The highest BCUT2D eigenvalue weighted by Gasteiger charge is 2.11. The van der Waals surface area contributed by atoms with E-state index in [1.807, 2.05) is 25.1 Å². The van der Waals surface area contributed by atoms with E-state index in [1.54, 1.807) is 19.2 Å². The number of amides is 1. The van der Waals surface area contributed by atoms with Crippen LogP contribution < -0.4 is 24.7 Å². The molecular weight excluding hydrogens is 468 g/mol. The number of hydrazone groups is 1. The van der Waals surface area contributed by atoms with E-state index in [0.29, 0.717) is 28.6 Å². The normalized spacial score (nSPS) is 10.7. The number of methoxy groups -OCH3 is 2. The van der Waals surface area contributed by atoms with Gasteiger partial charge >= 0.3 is 0 Å². The Bertz CT molecular complexity index is 961. The number of hydrogen-bond donors (Lipinski definition) is 1. The van der Waals surface area contributed by atoms with Crippen molar-refractivity contribution in [2.45, 2.75) is 26.2 Å². The van der Waals surface area contributed by atoms with Gasteiger partial charge in [0.05, 0.1) is 30.9 Å². The van der Waals surface area contributed by atoms with Gasteiger partial charge in [0.1, 0.15) is 12.4 Å². The number of benzene rings is 2. The fraction of sp³-hybridized carbons (Fsp3) is 0.318. The van der Waals surface area contributed by atoms with Gasteiger partial charge in [0.15, 0.2) is 11.5 Å². The molecule has 2 aromatic carbocycles. The molecule has 31 heavy (non-hydrogen) atoms. The first-order chi connectivity index (χ1) is 14.8. The standard InChI is InChI=1S/C22H25BrN2O6/c1-14-9-17(29-2)8-7-16(14)5-4-6-20(26)25-24-12-15-10-18(23)22(19(11-15)30-3)31-13-21(27)28/h7-12H,4-6,13H2,1-3H3,(H,25,26)(H,27,28)/p-1/b24-12-. The van der Waals surface area contributed by atoms with Crippen LogP contribution >= 0.6 is 15.9 Å². The summed E-state index contributed by atoms with van der Waals surface area (Å²) in [4.78, 5) is 22.6. The maximum absolute atomic E-state index is 12.0. The molecule has 0 aliphatic rings. The summed E-state index contributed by atoms with van der Waals surface area (Å²) in [5.41, 5.74) is 5.43. The van der Waals surface area contributed by atoms with Crippen molar-refractivity contribution in [3.8, 4) is 17.2 Å². The van der Waals surface area contributed by atoms with E-state index in [9.17, 15) is 14.7 Å². The zero-order valence-electron chi connectivity index (χ0n) is 17.6. The average molecular weight is 492 g/mol. The van der Waals surface area contributed by atoms with E-state index in [4.69, 9.17) is 14.2 Å². The molecule has 9 heteroatoms. The third-order valence-electron chi connectivity index (χ3n) is 4.39. The van der Waals surface area contributed by atoms with Crippen molar-refractivity contribution >= 4 is 34.0 Å². The third-order valence-corrected chi connectivity index (χ3v) is 4.98. The van der Waals surface area contributed by atoms with Crippen LogP contribution in [-0.4, -0.2) is 38.9 Å². The minimum Gasteiger partial charge on any atom is -0.546 e. The first kappa shape index (κ1) is 24.2. The van der Waals surface area contributed by atoms with Crippen molar-refractivity contribution in [1.29, 1.82) is 0 Å². The molecular formula is C22H24BrN2O6-. The lowest BCUT2D eigenvalue weighted by atomic mass is 10.0. The fourth-order valence-electron chi connectivity index (χ4n) is 2.84. The van der Waals surface area contributed by atoms with E-state index >= 15 is 0 Å². The lowest BCUT2D eigenvalue weighted by molar-refractivity contribution is -0.307. The van der Waals surface area contributed by atoms with E-state index in [1.165, 1.54) is 18.9 Å². The topological polar surface area (TPSA) is 109 Å². The van der Waals surface area contributed by atoms with Gasteiger partial charge in [-0.3, -0.25) is 4.79 Å². The van der Waals surface area contributed by atoms with Crippen molar-refractivity contribution in [3.63, 3.8) is 0 Å². The maximum Gasteiger partial charge on any atom is 0.240 e. The van der Waals surface area contributed by atoms with Crippen molar-refractivity contribution in [2.24, 2.45) is 5.10 Å². The quantitative estimate of drug-likeness (QED) is 0.381. The summed E-state index contributed by atoms with van der Waals surface area (Å²) < 4.78 is 16.1. The molecule has 0 aromatic heterocycles. The molecule has 0 unspecified atom stereocenters. The summed E-state index contributed by atoms with van der Waals surface area (Å²) in [5, 5.41) is 14.6. The number of carbonyl (C=O) groups excluding carboxylic acids is 2. The number of nitrogens with zero attached hydrogens (tertiary/aromatic N) is 1. The largest absolute Gasteiger partial charge is 0.546 e. The van der Waals surface area contributed by atoms with Gasteiger partial charge in [-0.25, -0.2) is 5.43 Å². The number of aryl methyl sites for hydroxylation is 2. The van der Waals surface area contributed by atoms with Crippen LogP contribution in [0.5, 0.6) is 17.2 Å². The molecule has 0 saturated heterocycles. The Balaban J connectivity index is 1.88. The number of nitrogens with one attached hydrogen (secondary N) is 1. The summed E-state index contributed by atoms with van der Waals surface area (Å²) in [5.74, 6) is -0.165. The van der Waals surface area contributed by atoms with Crippen molar-refractivity contribution in [2.75, 3.05) is 20.8 Å². The van der Waals surface area contributed by atoms with Gasteiger partial charge < -0.3 is 24.1 Å². The minimum atomic E-state index is -1.34. The van der Waals surface area contributed by atoms with Crippen LogP contribution in [0.4, 0.5) is 0 Å². The van der Waals surface area contributed by atoms with E-state index in [-0.39, 0.29) is 11.7 Å². The first-order valence-electron chi connectivity index (χ1n) is 9.49. The Labute approximate surface area is 189 Å². The zero-order chi connectivity index (χ0) is 22.8. The molecule has 0 fully saturated rings. The monoisotopic (exact) mass is 491 g/mol. The van der Waals surface area contributed by atoms with Gasteiger partial charge in [-0.15, -0.1) is 0 Å². The highest BCUT2D eigenvalue weighted by Crippen LogP contribution is 2.36. The van der Waals surface area contributed by atoms with Crippen molar-refractivity contribution < 1.29 is 28.9 Å². The predicted octanol–water partition coefficient (Wildman–Crippen LogP) is 2.38. The Kier molecular flexibility index (Phi) is 9.33. The van der Waals surface area contributed by atoms with Crippen molar-refractivity contribution in [1.82, 2.24) is 5.43 Å². The summed E-state index contributed by atoms with van der Waals surface area (Å²) in [7, 11) is 3.06. The second-order valence-electron chi connectivity index (χ2n) is 6.63. The number of carbonyl (C=O) groups is 2. The van der Waals surface area contributed by atoms with Crippen LogP contribution in [0, 0.1) is 6.92 Å². The number of rotatable bonds is 11. The number of aliphatic carboxylic acids is 1. The Morgan fingerprint density at radius 1 is 1.19 bits per heavy atom. The van der Waals surface area contributed by atoms with Crippen LogP contribution in [0.3, 0.4) is 0 Å². The van der Waals surface area contributed by atoms with E-state index in [0.717, 1.165) is 17.7 Å². The summed E-state index contributed by atoms with van der Waals surface area (Å²) in [6.45, 7) is 1.41. The third kappa shape index (κ3) is 7.60. The number of halogens is 1. The number of carboxylic acids is 1. The molecule has 1 N–H and O–H groups in total. The van der Waals surface area contributed by atoms with Gasteiger partial charge in [0.25, 0.3) is 0 Å². The molecule has 8 nitrogen and oxygen atoms in total. The molecule has 0 atom stereocenters. The average Bonchev–Trinajstić information content (AvgIpc) is 2.73. The number of carboxylic acid groups (broad SMARTS) is 1. The molecule has 0 spiro atoms. The summed E-state index contributed by atoms with van der Waals surface area (Å²) in [6.07, 6.45) is 3.27. The number of hydrogen-bond acceptors (Lipinski definition) is 7. The highest BCUT2D eigenvalue weighted by molar-refractivity contribution is 9.10. The summed E-state index contributed by atoms with van der Waals surface area (Å²) in [6, 6.07) is 9.16. The molecule has 0 bridgehead atoms. The van der Waals surface area contributed by atoms with E-state index in [2.05, 4.69) is 26.5 Å². The fourth-order valence-corrected chi connectivity index (χ4v) is 3.41. The zero-order valence-corrected chi connectivity index (χ0v) is 19.2. The second-order valence-corrected chi connectivity index (χ2v) is 7.49. The molecule has 0 aliphatic carbocycles. The molecule has 1 amide bonds. The summed E-state index contributed by atoms with van der Waals surface area (Å²) >= 11 is 3.31. The van der Waals surface area contributed by atoms with Crippen LogP contribution in [-0.2, 0) is 16.0 Å². The predicted molar refractivity (Wildman–Crippen MR) is 118 cm³/mol. The van der Waals surface area contributed by atoms with Gasteiger partial charge in [0.2, 0.25) is 5.91 Å². The van der Waals surface area contributed by atoms with Gasteiger partial charge in [-0.2, -0.15) is 5.10 Å². The maximum atomic E-state index is 12.0. The minimum absolute atomic E-state index is 0.192. The lowest BCUT2D eigenvalue weighted by Crippen LogP contribution is -2.29. The van der Waals surface area contributed by atoms with Gasteiger partial charge in [0, 0.05) is 6.42 Å². The number of ether oxygens (including phenoxy) is 3. The Morgan fingerprint density at radius 2 is 1.97 bits per heavy atom. The van der Waals surface area contributed by atoms with Crippen LogP contribution in [0.25, 0.3) is 0 Å². The van der Waals surface area contributed by atoms with Crippen LogP contribution in [0.15, 0.2) is 39.9 Å². The Morgan fingerprint density at radius 3 is 2.61 bits per heavy atom. The molecule has 0 saturated carbocycles. The molecule has 0 heterocycles. The molecule has 2 aromatic rings. The SMILES string of the molecule is COc1ccc(CCCC(=O)N/N=C\c2cc(Br)c(OCC(=O)[O-])c(OC)c2)c(C)c1.